The maximum Gasteiger partial charge on any atom is 0.254 e. The molecule has 30 heavy (non-hydrogen) atoms. The number of hydrogen-bond donors (Lipinski definition) is 2. The maximum absolute atomic E-state index is 13.1. The van der Waals surface area contributed by atoms with E-state index in [1.54, 1.807) is 31.3 Å². The van der Waals surface area contributed by atoms with Crippen LogP contribution in [-0.4, -0.2) is 24.9 Å². The lowest BCUT2D eigenvalue weighted by Crippen LogP contribution is -2.32. The minimum atomic E-state index is -3.45. The lowest BCUT2D eigenvalue weighted by atomic mass is 10.1. The van der Waals surface area contributed by atoms with Crippen LogP contribution in [0.1, 0.15) is 45.8 Å². The molecule has 0 unspecified atom stereocenters. The monoisotopic (exact) mass is 445 g/mol. The van der Waals surface area contributed by atoms with Crippen molar-refractivity contribution in [1.29, 1.82) is 0 Å². The van der Waals surface area contributed by atoms with Crippen LogP contribution >= 0.6 is 11.3 Å². The van der Waals surface area contributed by atoms with E-state index >= 15 is 0 Å². The number of rotatable bonds is 8. The summed E-state index contributed by atoms with van der Waals surface area (Å²) in [6, 6.07) is 11.0. The second-order valence-corrected chi connectivity index (χ2v) is 10.5. The zero-order valence-corrected chi connectivity index (χ0v) is 19.2. The van der Waals surface area contributed by atoms with Gasteiger partial charge in [0.1, 0.15) is 5.00 Å². The molecule has 0 saturated heterocycles. The van der Waals surface area contributed by atoms with Gasteiger partial charge in [0.05, 0.1) is 11.3 Å². The van der Waals surface area contributed by atoms with Crippen LogP contribution < -0.4 is 10.0 Å². The summed E-state index contributed by atoms with van der Waals surface area (Å²) in [5, 5.41) is 3.86. The minimum absolute atomic E-state index is 0.123. The van der Waals surface area contributed by atoms with Crippen LogP contribution in [0, 0.1) is 13.8 Å². The van der Waals surface area contributed by atoms with Crippen LogP contribution in [0.15, 0.2) is 48.8 Å². The van der Waals surface area contributed by atoms with Gasteiger partial charge in [-0.2, -0.15) is 0 Å². The largest absolute Gasteiger partial charge is 0.348 e. The smallest absolute Gasteiger partial charge is 0.254 e. The number of carbonyl (C=O) groups is 1. The molecular formula is C22H27N3O3S2. The topological polar surface area (TPSA) is 80.2 Å². The quantitative estimate of drug-likeness (QED) is 0.552. The summed E-state index contributed by atoms with van der Waals surface area (Å²) >= 11 is 1.58. The summed E-state index contributed by atoms with van der Waals surface area (Å²) in [4.78, 5) is 14.2. The van der Waals surface area contributed by atoms with E-state index in [4.69, 9.17) is 0 Å². The third kappa shape index (κ3) is 5.19. The number of thiophene rings is 1. The molecule has 6 nitrogen and oxygen atoms in total. The maximum atomic E-state index is 13.1. The third-order valence-corrected chi connectivity index (χ3v) is 7.49. The first-order valence-electron chi connectivity index (χ1n) is 9.76. The minimum Gasteiger partial charge on any atom is -0.348 e. The predicted octanol–water partition coefficient (Wildman–Crippen LogP) is 3.91. The molecule has 0 aliphatic heterocycles. The summed E-state index contributed by atoms with van der Waals surface area (Å²) in [5.74, 6) is -0.291. The van der Waals surface area contributed by atoms with Gasteiger partial charge in [0.25, 0.3) is 5.91 Å². The van der Waals surface area contributed by atoms with Gasteiger partial charge in [-0.1, -0.05) is 24.3 Å². The van der Waals surface area contributed by atoms with Crippen LogP contribution in [-0.2, 0) is 22.3 Å². The van der Waals surface area contributed by atoms with Gasteiger partial charge in [0.15, 0.2) is 0 Å². The van der Waals surface area contributed by atoms with Crippen molar-refractivity contribution in [2.24, 2.45) is 0 Å². The van der Waals surface area contributed by atoms with Gasteiger partial charge >= 0.3 is 0 Å². The van der Waals surface area contributed by atoms with E-state index in [-0.39, 0.29) is 24.2 Å². The fourth-order valence-corrected chi connectivity index (χ4v) is 5.88. The number of aromatic nitrogens is 1. The van der Waals surface area contributed by atoms with Crippen LogP contribution in [0.3, 0.4) is 0 Å². The lowest BCUT2D eigenvalue weighted by Gasteiger charge is -2.14. The molecule has 1 amide bonds. The standard InChI is InChI=1S/C22H27N3O3S2/c1-15(2)24-30(27,28)14-19-10-6-5-9-18(19)13-23-21(26)20-16(3)17(4)29-22(20)25-11-7-8-12-25/h5-12,15,24H,13-14H2,1-4H3,(H,23,26). The average molecular weight is 446 g/mol. The molecule has 2 aromatic heterocycles. The molecule has 0 fully saturated rings. The van der Waals surface area contributed by atoms with Crippen LogP contribution in [0.4, 0.5) is 0 Å². The van der Waals surface area contributed by atoms with Gasteiger partial charge in [0.2, 0.25) is 10.0 Å². The molecule has 3 rings (SSSR count). The second kappa shape index (κ2) is 9.16. The molecule has 0 aliphatic carbocycles. The number of nitrogens with one attached hydrogen (secondary N) is 2. The van der Waals surface area contributed by atoms with E-state index in [9.17, 15) is 13.2 Å². The molecule has 2 heterocycles. The zero-order valence-electron chi connectivity index (χ0n) is 17.6. The van der Waals surface area contributed by atoms with Gasteiger partial charge in [-0.15, -0.1) is 11.3 Å². The Hall–Kier alpha value is -2.42. The Kier molecular flexibility index (Phi) is 6.80. The Bertz CT molecular complexity index is 1130. The van der Waals surface area contributed by atoms with Crippen molar-refractivity contribution >= 4 is 27.3 Å². The zero-order chi connectivity index (χ0) is 21.9. The van der Waals surface area contributed by atoms with Crippen molar-refractivity contribution in [2.45, 2.75) is 46.0 Å². The van der Waals surface area contributed by atoms with Crippen molar-refractivity contribution in [1.82, 2.24) is 14.6 Å². The van der Waals surface area contributed by atoms with E-state index in [0.29, 0.717) is 11.1 Å². The number of sulfonamides is 1. The fourth-order valence-electron chi connectivity index (χ4n) is 3.27. The SMILES string of the molecule is Cc1sc(-n2cccc2)c(C(=O)NCc2ccccc2CS(=O)(=O)NC(C)C)c1C. The molecule has 1 aromatic carbocycles. The molecule has 0 radical (unpaired) electrons. The Morgan fingerprint density at radius 2 is 1.70 bits per heavy atom. The van der Waals surface area contributed by atoms with Crippen LogP contribution in [0.5, 0.6) is 0 Å². The second-order valence-electron chi connectivity index (χ2n) is 7.54. The summed E-state index contributed by atoms with van der Waals surface area (Å²) in [5.41, 5.74) is 3.07. The highest BCUT2D eigenvalue weighted by Crippen LogP contribution is 2.31. The summed E-state index contributed by atoms with van der Waals surface area (Å²) in [6.45, 7) is 7.79. The highest BCUT2D eigenvalue weighted by Gasteiger charge is 2.21. The first-order chi connectivity index (χ1) is 14.2. The Labute approximate surface area is 182 Å². The van der Waals surface area contributed by atoms with Gasteiger partial charge in [-0.05, 0) is 56.5 Å². The Balaban J connectivity index is 1.80. The van der Waals surface area contributed by atoms with Crippen LogP contribution in [0.2, 0.25) is 0 Å². The molecule has 3 aromatic rings. The van der Waals surface area contributed by atoms with E-state index in [2.05, 4.69) is 10.0 Å². The van der Waals surface area contributed by atoms with Gasteiger partial charge in [-0.3, -0.25) is 4.79 Å². The fraction of sp³-hybridized carbons (Fsp3) is 0.318. The normalized spacial score (nSPS) is 11.8. The third-order valence-electron chi connectivity index (χ3n) is 4.75. The summed E-state index contributed by atoms with van der Waals surface area (Å²) < 4.78 is 29.2. The molecule has 0 atom stereocenters. The molecular weight excluding hydrogens is 418 g/mol. The summed E-state index contributed by atoms with van der Waals surface area (Å²) in [7, 11) is -3.45. The van der Waals surface area contributed by atoms with E-state index < -0.39 is 10.0 Å². The Morgan fingerprint density at radius 1 is 1.07 bits per heavy atom. The van der Waals surface area contributed by atoms with Gasteiger partial charge in [-0.25, -0.2) is 13.1 Å². The summed E-state index contributed by atoms with van der Waals surface area (Å²) in [6.07, 6.45) is 3.84. The number of benzene rings is 1. The average Bonchev–Trinajstić information content (AvgIpc) is 3.28. The number of amides is 1. The molecule has 8 heteroatoms. The highest BCUT2D eigenvalue weighted by molar-refractivity contribution is 7.88. The van der Waals surface area contributed by atoms with Gasteiger partial charge < -0.3 is 9.88 Å². The van der Waals surface area contributed by atoms with E-state index in [1.165, 1.54) is 0 Å². The predicted molar refractivity (Wildman–Crippen MR) is 122 cm³/mol. The molecule has 0 saturated carbocycles. The van der Waals surface area contributed by atoms with Crippen molar-refractivity contribution in [3.63, 3.8) is 0 Å². The van der Waals surface area contributed by atoms with E-state index in [1.807, 2.05) is 61.1 Å². The molecule has 0 bridgehead atoms. The first-order valence-corrected chi connectivity index (χ1v) is 12.2. The van der Waals surface area contributed by atoms with Crippen molar-refractivity contribution in [3.8, 4) is 5.00 Å². The molecule has 0 spiro atoms. The Morgan fingerprint density at radius 3 is 2.33 bits per heavy atom. The molecule has 0 aliphatic rings. The first kappa shape index (κ1) is 22.3. The van der Waals surface area contributed by atoms with Crippen LogP contribution in [0.25, 0.3) is 5.00 Å². The molecule has 2 N–H and O–H groups in total. The number of hydrogen-bond acceptors (Lipinski definition) is 4. The van der Waals surface area contributed by atoms with E-state index in [0.717, 1.165) is 21.0 Å². The number of nitrogens with zero attached hydrogens (tertiary/aromatic N) is 1. The lowest BCUT2D eigenvalue weighted by molar-refractivity contribution is 0.0950. The van der Waals surface area contributed by atoms with Crippen molar-refractivity contribution < 1.29 is 13.2 Å². The number of carbonyl (C=O) groups excluding carboxylic acids is 1. The number of aryl methyl sites for hydroxylation is 1. The molecule has 160 valence electrons. The van der Waals surface area contributed by atoms with Crippen molar-refractivity contribution in [2.75, 3.05) is 0 Å². The van der Waals surface area contributed by atoms with Gasteiger partial charge in [0, 0.05) is 29.9 Å². The van der Waals surface area contributed by atoms with Crippen molar-refractivity contribution in [3.05, 3.63) is 75.9 Å². The highest BCUT2D eigenvalue weighted by atomic mass is 32.2.